The molecule has 0 N–H and O–H groups in total. The lowest BCUT2D eigenvalue weighted by Crippen LogP contribution is -2.49. The summed E-state index contributed by atoms with van der Waals surface area (Å²) in [5.41, 5.74) is 0.451. The molecule has 0 radical (unpaired) electrons. The fourth-order valence-electron chi connectivity index (χ4n) is 2.45. The fraction of sp³-hybridized carbons (Fsp3) is 1.00. The van der Waals surface area contributed by atoms with Gasteiger partial charge >= 0.3 is 0 Å². The van der Waals surface area contributed by atoms with Crippen molar-refractivity contribution in [3.05, 3.63) is 0 Å². The maximum absolute atomic E-state index is 5.42. The third-order valence-corrected chi connectivity index (χ3v) is 2.60. The fourth-order valence-corrected chi connectivity index (χ4v) is 2.45. The predicted molar refractivity (Wildman–Crippen MR) is 53.2 cm³/mol. The van der Waals surface area contributed by atoms with Gasteiger partial charge in [0.25, 0.3) is 0 Å². The SMILES string of the molecule is CC(C)(C)C(C1OCO1)C(C)(C)C. The van der Waals surface area contributed by atoms with E-state index in [1.807, 2.05) is 0 Å². The summed E-state index contributed by atoms with van der Waals surface area (Å²) >= 11 is 0. The van der Waals surface area contributed by atoms with Crippen LogP contribution in [0.25, 0.3) is 0 Å². The normalized spacial score (nSPS) is 20.5. The third kappa shape index (κ3) is 2.44. The smallest absolute Gasteiger partial charge is 0.167 e. The number of hydrogen-bond donors (Lipinski definition) is 0. The van der Waals surface area contributed by atoms with Gasteiger partial charge in [-0.15, -0.1) is 0 Å². The van der Waals surface area contributed by atoms with Crippen LogP contribution in [0.15, 0.2) is 0 Å². The molecule has 0 saturated carbocycles. The van der Waals surface area contributed by atoms with Crippen LogP contribution in [0.4, 0.5) is 0 Å². The lowest BCUT2D eigenvalue weighted by atomic mass is 9.66. The van der Waals surface area contributed by atoms with E-state index in [-0.39, 0.29) is 17.1 Å². The highest BCUT2D eigenvalue weighted by Gasteiger charge is 2.44. The van der Waals surface area contributed by atoms with E-state index in [1.54, 1.807) is 0 Å². The number of hydrogen-bond acceptors (Lipinski definition) is 2. The minimum absolute atomic E-state index is 0.000000000000000444. The van der Waals surface area contributed by atoms with Crippen molar-refractivity contribution in [3.63, 3.8) is 0 Å². The van der Waals surface area contributed by atoms with Gasteiger partial charge in [-0.1, -0.05) is 41.5 Å². The average molecular weight is 186 g/mol. The van der Waals surface area contributed by atoms with Gasteiger partial charge in [-0.2, -0.15) is 0 Å². The molecular formula is C11H22O2. The summed E-state index contributed by atoms with van der Waals surface area (Å²) in [6, 6.07) is 0. The molecule has 0 aromatic rings. The number of rotatable bonds is 1. The van der Waals surface area contributed by atoms with Crippen molar-refractivity contribution >= 4 is 0 Å². The molecule has 0 atom stereocenters. The Balaban J connectivity index is 2.76. The molecule has 1 rings (SSSR count). The van der Waals surface area contributed by atoms with Crippen LogP contribution >= 0.6 is 0 Å². The average Bonchev–Trinajstić information content (AvgIpc) is 1.71. The lowest BCUT2D eigenvalue weighted by Gasteiger charge is -2.47. The zero-order chi connectivity index (χ0) is 10.3. The van der Waals surface area contributed by atoms with Gasteiger partial charge in [-0.3, -0.25) is 0 Å². The molecule has 0 aromatic heterocycles. The predicted octanol–water partition coefficient (Wildman–Crippen LogP) is 3.03. The minimum atomic E-state index is -0.000000000000000444. The van der Waals surface area contributed by atoms with Crippen LogP contribution in [0.5, 0.6) is 0 Å². The zero-order valence-corrected chi connectivity index (χ0v) is 9.68. The second-order valence-electron chi connectivity index (χ2n) is 6.03. The van der Waals surface area contributed by atoms with Crippen molar-refractivity contribution in [2.24, 2.45) is 16.7 Å². The van der Waals surface area contributed by atoms with E-state index in [9.17, 15) is 0 Å². The largest absolute Gasteiger partial charge is 0.326 e. The molecule has 78 valence electrons. The van der Waals surface area contributed by atoms with Crippen LogP contribution in [0.2, 0.25) is 0 Å². The molecule has 0 unspecified atom stereocenters. The molecule has 1 aliphatic heterocycles. The first-order valence-electron chi connectivity index (χ1n) is 4.96. The summed E-state index contributed by atoms with van der Waals surface area (Å²) in [5.74, 6) is 0.439. The Hall–Kier alpha value is -0.0800. The van der Waals surface area contributed by atoms with Gasteiger partial charge in [0, 0.05) is 5.92 Å². The quantitative estimate of drug-likeness (QED) is 0.626. The molecule has 0 aliphatic carbocycles. The Kier molecular flexibility index (Phi) is 2.75. The van der Waals surface area contributed by atoms with Crippen LogP contribution in [0.1, 0.15) is 41.5 Å². The van der Waals surface area contributed by atoms with Crippen molar-refractivity contribution in [3.8, 4) is 0 Å². The van der Waals surface area contributed by atoms with Crippen molar-refractivity contribution in [2.75, 3.05) is 6.79 Å². The summed E-state index contributed by atoms with van der Waals surface area (Å²) in [7, 11) is 0. The number of ether oxygens (including phenoxy) is 2. The minimum Gasteiger partial charge on any atom is -0.326 e. The summed E-state index contributed by atoms with van der Waals surface area (Å²) in [6.07, 6.45) is -0.000000000000000444. The van der Waals surface area contributed by atoms with E-state index in [4.69, 9.17) is 9.47 Å². The van der Waals surface area contributed by atoms with Crippen molar-refractivity contribution in [1.29, 1.82) is 0 Å². The van der Waals surface area contributed by atoms with Crippen LogP contribution in [0, 0.1) is 16.7 Å². The summed E-state index contributed by atoms with van der Waals surface area (Å²) in [4.78, 5) is 0. The maximum atomic E-state index is 5.42. The first-order valence-corrected chi connectivity index (χ1v) is 4.96. The van der Waals surface area contributed by atoms with Crippen LogP contribution in [0.3, 0.4) is 0 Å². The Morgan fingerprint density at radius 1 is 0.923 bits per heavy atom. The molecule has 2 nitrogen and oxygen atoms in total. The molecule has 1 heterocycles. The van der Waals surface area contributed by atoms with Gasteiger partial charge in [0.15, 0.2) is 13.1 Å². The summed E-state index contributed by atoms with van der Waals surface area (Å²) in [6.45, 7) is 13.9. The van der Waals surface area contributed by atoms with E-state index in [2.05, 4.69) is 41.5 Å². The molecule has 1 aliphatic rings. The van der Waals surface area contributed by atoms with Crippen molar-refractivity contribution in [2.45, 2.75) is 47.8 Å². The van der Waals surface area contributed by atoms with Crippen molar-refractivity contribution < 1.29 is 9.47 Å². The van der Waals surface area contributed by atoms with Gasteiger partial charge in [0.05, 0.1) is 0 Å². The van der Waals surface area contributed by atoms with Gasteiger partial charge < -0.3 is 9.47 Å². The van der Waals surface area contributed by atoms with E-state index in [0.29, 0.717) is 12.7 Å². The Bertz CT molecular complexity index is 156. The second kappa shape index (κ2) is 3.25. The topological polar surface area (TPSA) is 18.5 Å². The Morgan fingerprint density at radius 3 is 1.38 bits per heavy atom. The van der Waals surface area contributed by atoms with E-state index >= 15 is 0 Å². The van der Waals surface area contributed by atoms with Crippen LogP contribution in [-0.4, -0.2) is 13.1 Å². The Morgan fingerprint density at radius 2 is 1.31 bits per heavy atom. The standard InChI is InChI=1S/C11H22O2/c1-10(2,3)8(11(4,5)6)9-12-7-13-9/h8-9H,7H2,1-6H3. The highest BCUT2D eigenvalue weighted by molar-refractivity contribution is 4.87. The van der Waals surface area contributed by atoms with Crippen LogP contribution < -0.4 is 0 Å². The van der Waals surface area contributed by atoms with Gasteiger partial charge in [-0.25, -0.2) is 0 Å². The second-order valence-corrected chi connectivity index (χ2v) is 6.03. The molecule has 13 heavy (non-hydrogen) atoms. The summed E-state index contributed by atoms with van der Waals surface area (Å²) in [5, 5.41) is 0. The highest BCUT2D eigenvalue weighted by Crippen LogP contribution is 2.45. The first kappa shape index (κ1) is 11.0. The molecule has 2 heteroatoms. The third-order valence-electron chi connectivity index (χ3n) is 2.60. The first-order chi connectivity index (χ1) is 5.73. The molecule has 0 amide bonds. The molecule has 0 aromatic carbocycles. The lowest BCUT2D eigenvalue weighted by molar-refractivity contribution is -0.360. The monoisotopic (exact) mass is 186 g/mol. The molecule has 1 fully saturated rings. The maximum Gasteiger partial charge on any atom is 0.167 e. The van der Waals surface area contributed by atoms with E-state index in [0.717, 1.165) is 0 Å². The van der Waals surface area contributed by atoms with Crippen molar-refractivity contribution in [1.82, 2.24) is 0 Å². The molecular weight excluding hydrogens is 164 g/mol. The zero-order valence-electron chi connectivity index (χ0n) is 9.68. The highest BCUT2D eigenvalue weighted by atomic mass is 16.8. The summed E-state index contributed by atoms with van der Waals surface area (Å²) < 4.78 is 10.8. The molecule has 0 bridgehead atoms. The van der Waals surface area contributed by atoms with E-state index in [1.165, 1.54) is 0 Å². The van der Waals surface area contributed by atoms with Gasteiger partial charge in [-0.05, 0) is 10.8 Å². The van der Waals surface area contributed by atoms with E-state index < -0.39 is 0 Å². The molecule has 1 saturated heterocycles. The molecule has 0 spiro atoms. The van der Waals surface area contributed by atoms with Crippen LogP contribution in [-0.2, 0) is 9.47 Å². The van der Waals surface area contributed by atoms with Gasteiger partial charge in [0.2, 0.25) is 0 Å². The van der Waals surface area contributed by atoms with Gasteiger partial charge in [0.1, 0.15) is 0 Å². The Labute approximate surface area is 81.6 Å².